The van der Waals surface area contributed by atoms with Crippen molar-refractivity contribution in [2.75, 3.05) is 0 Å². The molecule has 140 valence electrons. The first-order valence-corrected chi connectivity index (χ1v) is 7.76. The van der Waals surface area contributed by atoms with E-state index < -0.39 is 16.5 Å². The summed E-state index contributed by atoms with van der Waals surface area (Å²) in [6.07, 6.45) is 0. The van der Waals surface area contributed by atoms with Crippen molar-refractivity contribution < 1.29 is 47.5 Å². The number of aromatic hydroxyl groups is 2. The van der Waals surface area contributed by atoms with E-state index in [9.17, 15) is 0 Å². The number of rotatable bonds is 0. The van der Waals surface area contributed by atoms with E-state index in [2.05, 4.69) is 0 Å². The second-order valence-corrected chi connectivity index (χ2v) is 4.19. The van der Waals surface area contributed by atoms with E-state index >= 15 is 0 Å². The van der Waals surface area contributed by atoms with Gasteiger partial charge in [-0.2, -0.15) is 13.5 Å². The minimum atomic E-state index is -2.87. The van der Waals surface area contributed by atoms with Crippen molar-refractivity contribution in [3.8, 4) is 11.5 Å². The molecule has 8 nitrogen and oxygen atoms in total. The minimum Gasteiger partial charge on any atom is -1.00 e. The van der Waals surface area contributed by atoms with Gasteiger partial charge in [0.05, 0.1) is 0 Å². The minimum absolute atomic E-state index is 0. The first-order valence-electron chi connectivity index (χ1n) is 5.43. The molecule has 0 aromatic heterocycles. The SMILES string of the molecule is O=[P+](O)O.O=[P+](O)O.Oc1ccccc1.Oc1ccccc1.S.[Ca+2].[Ca+2].[Ca+2].[H-].[H-].[H-].[H-].[H-].[H-]. The molecular formula is C12H24Ca3O8P2S+2. The molecule has 0 unspecified atom stereocenters. The number of phenols is 2. The van der Waals surface area contributed by atoms with Gasteiger partial charge in [0.1, 0.15) is 11.5 Å². The van der Waals surface area contributed by atoms with Crippen molar-refractivity contribution in [3.63, 3.8) is 0 Å². The molecule has 0 aliphatic carbocycles. The zero-order valence-electron chi connectivity index (χ0n) is 19.8. The summed E-state index contributed by atoms with van der Waals surface area (Å²) in [4.78, 5) is 28.5. The molecule has 14 heteroatoms. The zero-order valence-corrected chi connectivity index (χ0v) is 23.2. The fraction of sp³-hybridized carbons (Fsp3) is 0. The summed E-state index contributed by atoms with van der Waals surface area (Å²) in [5.74, 6) is 0.644. The molecule has 26 heavy (non-hydrogen) atoms. The van der Waals surface area contributed by atoms with Crippen molar-refractivity contribution in [1.82, 2.24) is 0 Å². The average molecular weight is 511 g/mol. The van der Waals surface area contributed by atoms with E-state index in [4.69, 9.17) is 38.9 Å². The molecule has 0 atom stereocenters. The molecular weight excluding hydrogens is 486 g/mol. The van der Waals surface area contributed by atoms with Crippen molar-refractivity contribution >= 4 is 143 Å². The maximum Gasteiger partial charge on any atom is 2.00 e. The van der Waals surface area contributed by atoms with Gasteiger partial charge in [0.15, 0.2) is 0 Å². The molecule has 0 aliphatic rings. The van der Waals surface area contributed by atoms with Crippen LogP contribution in [0.25, 0.3) is 0 Å². The zero-order chi connectivity index (χ0) is 17.4. The predicted octanol–water partition coefficient (Wildman–Crippen LogP) is 1.69. The molecule has 0 radical (unpaired) electrons. The Bertz CT molecular complexity index is 505. The topological polar surface area (TPSA) is 156 Å². The summed E-state index contributed by atoms with van der Waals surface area (Å²) in [6, 6.07) is 17.4. The fourth-order valence-electron chi connectivity index (χ4n) is 0.856. The molecule has 0 spiro atoms. The smallest absolute Gasteiger partial charge is 1.00 e. The van der Waals surface area contributed by atoms with Gasteiger partial charge in [-0.15, -0.1) is 19.6 Å². The first kappa shape index (κ1) is 42.3. The summed E-state index contributed by atoms with van der Waals surface area (Å²) in [7, 11) is -5.74. The molecule has 0 saturated carbocycles. The third kappa shape index (κ3) is 50.2. The second kappa shape index (κ2) is 31.9. The standard InChI is InChI=1S/2C6H6O.3Ca.2HO3P.H2S.6H/c2*7-6-4-2-1-3-5-6;;;;2*1-4(2)3;;;;;;;/h2*1-5,7H;;;;2*(H-,1,2,3);1H2;;;;;;/q;;3*+2;;;;6*-1/p+2. The van der Waals surface area contributed by atoms with Crippen molar-refractivity contribution in [1.29, 1.82) is 0 Å². The molecule has 0 fully saturated rings. The normalized spacial score (nSPS) is 6.62. The van der Waals surface area contributed by atoms with Crippen LogP contribution < -0.4 is 0 Å². The van der Waals surface area contributed by atoms with Crippen LogP contribution in [-0.4, -0.2) is 143 Å². The van der Waals surface area contributed by atoms with Crippen LogP contribution in [0.2, 0.25) is 0 Å². The van der Waals surface area contributed by atoms with Gasteiger partial charge in [-0.05, 0) is 24.3 Å². The maximum absolute atomic E-state index is 8.70. The Morgan fingerprint density at radius 2 is 0.731 bits per heavy atom. The monoisotopic (exact) mass is 510 g/mol. The van der Waals surface area contributed by atoms with Crippen molar-refractivity contribution in [2.24, 2.45) is 0 Å². The summed E-state index contributed by atoms with van der Waals surface area (Å²) in [6.45, 7) is 0. The summed E-state index contributed by atoms with van der Waals surface area (Å²) < 4.78 is 17.4. The summed E-state index contributed by atoms with van der Waals surface area (Å²) in [5, 5.41) is 17.3. The van der Waals surface area contributed by atoms with Crippen LogP contribution in [0.4, 0.5) is 0 Å². The van der Waals surface area contributed by atoms with Gasteiger partial charge in [-0.3, -0.25) is 0 Å². The van der Waals surface area contributed by atoms with E-state index in [0.29, 0.717) is 11.5 Å². The Morgan fingerprint density at radius 1 is 0.577 bits per heavy atom. The van der Waals surface area contributed by atoms with Crippen LogP contribution >= 0.6 is 30.0 Å². The quantitative estimate of drug-likeness (QED) is 0.231. The van der Waals surface area contributed by atoms with E-state index in [1.807, 2.05) is 12.1 Å². The Hall–Kier alpha value is 2.21. The van der Waals surface area contributed by atoms with Crippen LogP contribution in [0, 0.1) is 0 Å². The van der Waals surface area contributed by atoms with Gasteiger partial charge in [0, 0.05) is 9.13 Å². The van der Waals surface area contributed by atoms with Gasteiger partial charge in [-0.25, -0.2) is 0 Å². The summed E-state index contributed by atoms with van der Waals surface area (Å²) in [5.41, 5.74) is 0. The largest absolute Gasteiger partial charge is 2.00 e. The molecule has 6 N–H and O–H groups in total. The van der Waals surface area contributed by atoms with Gasteiger partial charge in [-0.1, -0.05) is 36.4 Å². The van der Waals surface area contributed by atoms with Gasteiger partial charge in [0.2, 0.25) is 0 Å². The molecule has 0 bridgehead atoms. The Morgan fingerprint density at radius 3 is 0.808 bits per heavy atom. The molecule has 2 aromatic rings. The van der Waals surface area contributed by atoms with E-state index in [0.717, 1.165) is 0 Å². The number of benzene rings is 2. The number of phenolic OH excluding ortho intramolecular Hbond substituents is 2. The van der Waals surface area contributed by atoms with Crippen LogP contribution in [0.15, 0.2) is 60.7 Å². The van der Waals surface area contributed by atoms with Crippen LogP contribution in [-0.2, 0) is 9.13 Å². The first-order chi connectivity index (χ1) is 10.3. The predicted molar refractivity (Wildman–Crippen MR) is 115 cm³/mol. The Labute approximate surface area is 258 Å². The number of hydrogen-bond donors (Lipinski definition) is 6. The van der Waals surface area contributed by atoms with Crippen molar-refractivity contribution in [3.05, 3.63) is 60.7 Å². The van der Waals surface area contributed by atoms with Gasteiger partial charge in [0.25, 0.3) is 0 Å². The number of para-hydroxylation sites is 2. The molecule has 0 heterocycles. The average Bonchev–Trinajstić information content (AvgIpc) is 2.40. The van der Waals surface area contributed by atoms with E-state index in [1.54, 1.807) is 48.5 Å². The third-order valence-corrected chi connectivity index (χ3v) is 1.51. The fourth-order valence-corrected chi connectivity index (χ4v) is 0.856. The Kier molecular flexibility index (Phi) is 51.9. The molecule has 0 amide bonds. The molecule has 2 rings (SSSR count). The van der Waals surface area contributed by atoms with Crippen LogP contribution in [0.5, 0.6) is 11.5 Å². The van der Waals surface area contributed by atoms with Crippen LogP contribution in [0.3, 0.4) is 0 Å². The van der Waals surface area contributed by atoms with E-state index in [1.165, 1.54) is 0 Å². The number of hydrogen-bond acceptors (Lipinski definition) is 4. The Balaban J connectivity index is -0.0000000155. The van der Waals surface area contributed by atoms with Gasteiger partial charge < -0.3 is 18.8 Å². The van der Waals surface area contributed by atoms with Crippen molar-refractivity contribution in [2.45, 2.75) is 0 Å². The molecule has 2 aromatic carbocycles. The van der Waals surface area contributed by atoms with Gasteiger partial charge >= 0.3 is 130 Å². The van der Waals surface area contributed by atoms with E-state index in [-0.39, 0.29) is 135 Å². The maximum atomic E-state index is 8.70. The molecule has 0 saturated heterocycles. The second-order valence-electron chi connectivity index (χ2n) is 3.18. The third-order valence-electron chi connectivity index (χ3n) is 1.51. The summed E-state index contributed by atoms with van der Waals surface area (Å²) >= 11 is 0. The van der Waals surface area contributed by atoms with Crippen LogP contribution in [0.1, 0.15) is 8.56 Å². The molecule has 0 aliphatic heterocycles.